The molecule has 2 amide bonds. The van der Waals surface area contributed by atoms with Crippen molar-refractivity contribution in [2.45, 2.75) is 52.9 Å². The summed E-state index contributed by atoms with van der Waals surface area (Å²) in [5.41, 5.74) is 0. The Kier molecular flexibility index (Phi) is 20.9. The normalized spacial score (nSPS) is 9.64. The maximum Gasteiger partial charge on any atom is 0.220 e. The predicted octanol–water partition coefficient (Wildman–Crippen LogP) is 1.45. The van der Waals surface area contributed by atoms with Gasteiger partial charge in [-0.2, -0.15) is 0 Å². The van der Waals surface area contributed by atoms with Gasteiger partial charge in [-0.25, -0.2) is 0 Å². The molecule has 0 atom stereocenters. The third-order valence-electron chi connectivity index (χ3n) is 2.75. The lowest BCUT2D eigenvalue weighted by atomic mass is 10.2. The third kappa shape index (κ3) is 18.9. The number of ether oxygens (including phenoxy) is 1. The molecule has 0 heterocycles. The van der Waals surface area contributed by atoms with Crippen LogP contribution < -0.4 is 16.0 Å². The maximum absolute atomic E-state index is 11.5. The van der Waals surface area contributed by atoms with Gasteiger partial charge in [0.2, 0.25) is 11.8 Å². The van der Waals surface area contributed by atoms with Crippen molar-refractivity contribution < 1.29 is 14.3 Å². The number of hydrogen-bond acceptors (Lipinski definition) is 4. The summed E-state index contributed by atoms with van der Waals surface area (Å²) in [5, 5.41) is 8.51. The Hall–Kier alpha value is -1.14. The topological polar surface area (TPSA) is 79.5 Å². The van der Waals surface area contributed by atoms with Crippen LogP contribution in [0.3, 0.4) is 0 Å². The summed E-state index contributed by atoms with van der Waals surface area (Å²) in [6, 6.07) is 0. The molecule has 0 saturated heterocycles. The Morgan fingerprint density at radius 2 is 1.41 bits per heavy atom. The van der Waals surface area contributed by atoms with Crippen LogP contribution in [0.1, 0.15) is 52.9 Å². The zero-order valence-corrected chi connectivity index (χ0v) is 14.8. The Morgan fingerprint density at radius 3 is 1.95 bits per heavy atom. The molecule has 0 radical (unpaired) electrons. The van der Waals surface area contributed by atoms with E-state index in [1.54, 1.807) is 0 Å². The number of carbonyl (C=O) groups excluding carboxylic acids is 2. The molecule has 0 saturated carbocycles. The van der Waals surface area contributed by atoms with Gasteiger partial charge in [-0.05, 0) is 13.5 Å². The summed E-state index contributed by atoms with van der Waals surface area (Å²) in [5.74, 6) is -0.160. The summed E-state index contributed by atoms with van der Waals surface area (Å²) in [6.07, 6.45) is 3.73. The summed E-state index contributed by atoms with van der Waals surface area (Å²) >= 11 is 0. The first kappa shape index (κ1) is 23.1. The second kappa shape index (κ2) is 19.9. The average molecular weight is 317 g/mol. The van der Waals surface area contributed by atoms with Crippen LogP contribution in [0.25, 0.3) is 0 Å². The molecule has 6 heteroatoms. The highest BCUT2D eigenvalue weighted by Gasteiger charge is 2.05. The molecule has 0 aliphatic carbocycles. The highest BCUT2D eigenvalue weighted by atomic mass is 16.5. The Balaban J connectivity index is 0. The zero-order chi connectivity index (χ0) is 17.1. The van der Waals surface area contributed by atoms with Gasteiger partial charge in [0.05, 0.1) is 13.2 Å². The molecule has 0 fully saturated rings. The van der Waals surface area contributed by atoms with Gasteiger partial charge in [-0.3, -0.25) is 9.59 Å². The summed E-state index contributed by atoms with van der Waals surface area (Å²) < 4.78 is 5.27. The smallest absolute Gasteiger partial charge is 0.220 e. The highest BCUT2D eigenvalue weighted by molar-refractivity contribution is 5.83. The number of rotatable bonds is 13. The minimum absolute atomic E-state index is 0.0541. The van der Waals surface area contributed by atoms with E-state index in [-0.39, 0.29) is 24.7 Å². The summed E-state index contributed by atoms with van der Waals surface area (Å²) in [4.78, 5) is 22.9. The van der Waals surface area contributed by atoms with Crippen molar-refractivity contribution in [3.63, 3.8) is 0 Å². The predicted molar refractivity (Wildman–Crippen MR) is 90.9 cm³/mol. The van der Waals surface area contributed by atoms with E-state index in [9.17, 15) is 9.59 Å². The molecule has 0 aromatic heterocycles. The number of nitrogens with one attached hydrogen (secondary N) is 3. The fraction of sp³-hybridized carbons (Fsp3) is 0.875. The average Bonchev–Trinajstić information content (AvgIpc) is 2.55. The third-order valence-corrected chi connectivity index (χ3v) is 2.75. The van der Waals surface area contributed by atoms with Crippen molar-refractivity contribution in [2.24, 2.45) is 0 Å². The Labute approximate surface area is 135 Å². The molecule has 22 heavy (non-hydrogen) atoms. The second-order valence-electron chi connectivity index (χ2n) is 4.62. The van der Waals surface area contributed by atoms with Gasteiger partial charge in [-0.15, -0.1) is 0 Å². The van der Waals surface area contributed by atoms with Gasteiger partial charge in [0.1, 0.15) is 0 Å². The molecule has 0 aromatic rings. The van der Waals surface area contributed by atoms with Gasteiger partial charge in [0.25, 0.3) is 0 Å². The Bertz CT molecular complexity index is 261. The molecule has 132 valence electrons. The summed E-state index contributed by atoms with van der Waals surface area (Å²) in [6.45, 7) is 9.23. The zero-order valence-electron chi connectivity index (χ0n) is 14.8. The standard InChI is InChI=1S/C14H29N3O3.C2H6/c1-3-4-5-8-16-13(18)6-7-14(19)17-10-12-20-11-9-15-2;1-2/h15H,3-12H2,1-2H3,(H,16,18)(H,17,19);1-2H3. The Morgan fingerprint density at radius 1 is 0.864 bits per heavy atom. The molecular formula is C16H35N3O3. The van der Waals surface area contributed by atoms with E-state index in [2.05, 4.69) is 22.9 Å². The molecule has 0 aliphatic heterocycles. The van der Waals surface area contributed by atoms with Crippen LogP contribution in [-0.2, 0) is 14.3 Å². The number of unbranched alkanes of at least 4 members (excludes halogenated alkanes) is 2. The van der Waals surface area contributed by atoms with E-state index in [4.69, 9.17) is 4.74 Å². The van der Waals surface area contributed by atoms with Gasteiger partial charge in [0.15, 0.2) is 0 Å². The number of amides is 2. The molecule has 0 aromatic carbocycles. The van der Waals surface area contributed by atoms with E-state index in [1.807, 2.05) is 20.9 Å². The van der Waals surface area contributed by atoms with E-state index >= 15 is 0 Å². The second-order valence-corrected chi connectivity index (χ2v) is 4.62. The van der Waals surface area contributed by atoms with Gasteiger partial charge >= 0.3 is 0 Å². The van der Waals surface area contributed by atoms with Crippen LogP contribution in [0, 0.1) is 0 Å². The van der Waals surface area contributed by atoms with Crippen LogP contribution in [0.5, 0.6) is 0 Å². The molecule has 0 aliphatic rings. The number of carbonyl (C=O) groups is 2. The van der Waals surface area contributed by atoms with Crippen LogP contribution in [0.2, 0.25) is 0 Å². The van der Waals surface area contributed by atoms with Crippen LogP contribution in [0.4, 0.5) is 0 Å². The largest absolute Gasteiger partial charge is 0.378 e. The first-order chi connectivity index (χ1) is 10.7. The number of hydrogen-bond donors (Lipinski definition) is 3. The van der Waals surface area contributed by atoms with E-state index in [1.165, 1.54) is 0 Å². The SMILES string of the molecule is CC.CCCCCNC(=O)CCC(=O)NCCOCCNC. The van der Waals surface area contributed by atoms with Gasteiger partial charge < -0.3 is 20.7 Å². The van der Waals surface area contributed by atoms with Crippen molar-refractivity contribution >= 4 is 11.8 Å². The first-order valence-electron chi connectivity index (χ1n) is 8.46. The van der Waals surface area contributed by atoms with Crippen molar-refractivity contribution in [1.29, 1.82) is 0 Å². The van der Waals surface area contributed by atoms with Crippen molar-refractivity contribution in [1.82, 2.24) is 16.0 Å². The molecule has 0 unspecified atom stereocenters. The lowest BCUT2D eigenvalue weighted by molar-refractivity contribution is -0.126. The molecular weight excluding hydrogens is 282 g/mol. The first-order valence-corrected chi connectivity index (χ1v) is 8.46. The van der Waals surface area contributed by atoms with Gasteiger partial charge in [0, 0.05) is 32.5 Å². The van der Waals surface area contributed by atoms with E-state index < -0.39 is 0 Å². The molecule has 6 nitrogen and oxygen atoms in total. The lowest BCUT2D eigenvalue weighted by Crippen LogP contribution is -2.30. The van der Waals surface area contributed by atoms with Crippen molar-refractivity contribution in [3.8, 4) is 0 Å². The van der Waals surface area contributed by atoms with Crippen molar-refractivity contribution in [3.05, 3.63) is 0 Å². The monoisotopic (exact) mass is 317 g/mol. The van der Waals surface area contributed by atoms with Crippen LogP contribution >= 0.6 is 0 Å². The summed E-state index contributed by atoms with van der Waals surface area (Å²) in [7, 11) is 1.86. The minimum atomic E-state index is -0.106. The quantitative estimate of drug-likeness (QED) is 0.449. The fourth-order valence-corrected chi connectivity index (χ4v) is 1.55. The molecule has 0 spiro atoms. The van der Waals surface area contributed by atoms with Crippen LogP contribution in [-0.4, -0.2) is 51.7 Å². The van der Waals surface area contributed by atoms with Crippen molar-refractivity contribution in [2.75, 3.05) is 39.9 Å². The van der Waals surface area contributed by atoms with Crippen LogP contribution in [0.15, 0.2) is 0 Å². The highest BCUT2D eigenvalue weighted by Crippen LogP contribution is 1.93. The lowest BCUT2D eigenvalue weighted by Gasteiger charge is -2.07. The van der Waals surface area contributed by atoms with Gasteiger partial charge in [-0.1, -0.05) is 33.6 Å². The minimum Gasteiger partial charge on any atom is -0.378 e. The molecule has 0 bridgehead atoms. The number of likely N-dealkylation sites (N-methyl/N-ethyl adjacent to an activating group) is 1. The molecule has 0 rings (SSSR count). The molecule has 3 N–H and O–H groups in total. The van der Waals surface area contributed by atoms with E-state index in [0.717, 1.165) is 25.8 Å². The van der Waals surface area contributed by atoms with E-state index in [0.29, 0.717) is 26.3 Å². The maximum atomic E-state index is 11.5. The fourth-order valence-electron chi connectivity index (χ4n) is 1.55.